The molecule has 0 bridgehead atoms. The highest BCUT2D eigenvalue weighted by Crippen LogP contribution is 2.47. The van der Waals surface area contributed by atoms with Crippen LogP contribution in [-0.2, 0) is 19.7 Å². The molecule has 1 aromatic heterocycles. The first-order chi connectivity index (χ1) is 14.2. The topological polar surface area (TPSA) is 60.8 Å². The normalized spacial score (nSPS) is 16.3. The van der Waals surface area contributed by atoms with Gasteiger partial charge in [-0.05, 0) is 17.5 Å². The van der Waals surface area contributed by atoms with Crippen LogP contribution in [0.4, 0.5) is 17.6 Å². The van der Waals surface area contributed by atoms with Gasteiger partial charge < -0.3 is 9.47 Å². The molecule has 0 amide bonds. The number of aliphatic imine (C=N–C) groups is 1. The number of methoxy groups -OCH3 is 1. The molecule has 0 aliphatic carbocycles. The van der Waals surface area contributed by atoms with Gasteiger partial charge in [0.15, 0.2) is 0 Å². The van der Waals surface area contributed by atoms with Gasteiger partial charge in [0.1, 0.15) is 12.4 Å². The molecule has 0 N–H and O–H groups in total. The molecule has 0 saturated heterocycles. The summed E-state index contributed by atoms with van der Waals surface area (Å²) in [6.07, 6.45) is -5.20. The SMILES string of the molecule is COC(=O)C(C1=NCCO1)(c1nc2cc(Cl)c(F)cc2c2ccccc12)C(F)(F)F. The lowest BCUT2D eigenvalue weighted by atomic mass is 9.79. The van der Waals surface area contributed by atoms with E-state index >= 15 is 0 Å². The van der Waals surface area contributed by atoms with Gasteiger partial charge in [0.25, 0.3) is 5.41 Å². The number of aromatic nitrogens is 1. The highest BCUT2D eigenvalue weighted by molar-refractivity contribution is 6.31. The third-order valence-electron chi connectivity index (χ3n) is 4.92. The minimum atomic E-state index is -5.20. The number of alkyl halides is 3. The minimum absolute atomic E-state index is 0.0207. The Hall–Kier alpha value is -2.94. The zero-order chi connectivity index (χ0) is 21.7. The first-order valence-electron chi connectivity index (χ1n) is 8.72. The predicted octanol–water partition coefficient (Wildman–Crippen LogP) is 4.58. The molecule has 30 heavy (non-hydrogen) atoms. The van der Waals surface area contributed by atoms with E-state index in [-0.39, 0.29) is 39.8 Å². The van der Waals surface area contributed by atoms with E-state index in [1.165, 1.54) is 18.2 Å². The second kappa shape index (κ2) is 7.09. The van der Waals surface area contributed by atoms with E-state index in [0.717, 1.165) is 19.2 Å². The van der Waals surface area contributed by atoms with Crippen molar-refractivity contribution in [3.05, 3.63) is 52.9 Å². The van der Waals surface area contributed by atoms with Crippen LogP contribution in [0.5, 0.6) is 0 Å². The lowest BCUT2D eigenvalue weighted by Gasteiger charge is -2.32. The van der Waals surface area contributed by atoms with Gasteiger partial charge in [-0.15, -0.1) is 0 Å². The molecule has 3 aromatic rings. The van der Waals surface area contributed by atoms with Crippen molar-refractivity contribution in [2.75, 3.05) is 20.3 Å². The maximum absolute atomic E-state index is 14.6. The van der Waals surface area contributed by atoms with Gasteiger partial charge in [-0.3, -0.25) is 9.79 Å². The Labute approximate surface area is 172 Å². The van der Waals surface area contributed by atoms with E-state index in [2.05, 4.69) is 14.7 Å². The van der Waals surface area contributed by atoms with Gasteiger partial charge >= 0.3 is 12.1 Å². The fourth-order valence-electron chi connectivity index (χ4n) is 3.61. The summed E-state index contributed by atoms with van der Waals surface area (Å²) in [5.74, 6) is -3.23. The number of fused-ring (bicyclic) bond motifs is 3. The van der Waals surface area contributed by atoms with Crippen LogP contribution >= 0.6 is 11.6 Å². The summed E-state index contributed by atoms with van der Waals surface area (Å²) in [6, 6.07) is 8.14. The fraction of sp³-hybridized carbons (Fsp3) is 0.250. The average Bonchev–Trinajstić information content (AvgIpc) is 3.23. The number of pyridine rings is 1. The van der Waals surface area contributed by atoms with Crippen molar-refractivity contribution >= 4 is 45.1 Å². The number of carbonyl (C=O) groups excluding carboxylic acids is 1. The van der Waals surface area contributed by atoms with Crippen molar-refractivity contribution < 1.29 is 31.8 Å². The van der Waals surface area contributed by atoms with E-state index < -0.39 is 35.0 Å². The van der Waals surface area contributed by atoms with Gasteiger partial charge in [0.05, 0.1) is 29.9 Å². The highest BCUT2D eigenvalue weighted by atomic mass is 35.5. The average molecular weight is 441 g/mol. The molecule has 1 aliphatic heterocycles. The minimum Gasteiger partial charge on any atom is -0.478 e. The molecule has 10 heteroatoms. The maximum atomic E-state index is 14.6. The monoisotopic (exact) mass is 440 g/mol. The van der Waals surface area contributed by atoms with Crippen molar-refractivity contribution in [2.24, 2.45) is 4.99 Å². The molecular formula is C20H13ClF4N2O3. The fourth-order valence-corrected chi connectivity index (χ4v) is 3.77. The van der Waals surface area contributed by atoms with Gasteiger partial charge in [-0.2, -0.15) is 13.2 Å². The first-order valence-corrected chi connectivity index (χ1v) is 9.10. The molecule has 5 nitrogen and oxygen atoms in total. The molecule has 1 aliphatic rings. The summed E-state index contributed by atoms with van der Waals surface area (Å²) in [5.41, 5.74) is -4.09. The zero-order valence-corrected chi connectivity index (χ0v) is 16.1. The Morgan fingerprint density at radius 2 is 1.87 bits per heavy atom. The molecule has 0 spiro atoms. The lowest BCUT2D eigenvalue weighted by Crippen LogP contribution is -2.56. The number of nitrogens with zero attached hydrogens (tertiary/aromatic N) is 2. The van der Waals surface area contributed by atoms with E-state index in [1.54, 1.807) is 6.07 Å². The number of carbonyl (C=O) groups is 1. The van der Waals surface area contributed by atoms with E-state index in [1.807, 2.05) is 0 Å². The first kappa shape index (κ1) is 20.3. The van der Waals surface area contributed by atoms with Gasteiger partial charge in [0.2, 0.25) is 5.90 Å². The van der Waals surface area contributed by atoms with Crippen LogP contribution in [0.15, 0.2) is 41.4 Å². The Morgan fingerprint density at radius 1 is 1.17 bits per heavy atom. The molecule has 0 fully saturated rings. The molecule has 1 unspecified atom stereocenters. The number of benzene rings is 2. The van der Waals surface area contributed by atoms with Crippen LogP contribution in [-0.4, -0.2) is 43.3 Å². The summed E-state index contributed by atoms with van der Waals surface area (Å²) in [4.78, 5) is 20.7. The zero-order valence-electron chi connectivity index (χ0n) is 15.4. The summed E-state index contributed by atoms with van der Waals surface area (Å²) >= 11 is 5.84. The van der Waals surface area contributed by atoms with E-state index in [9.17, 15) is 22.4 Å². The van der Waals surface area contributed by atoms with Gasteiger partial charge in [-0.1, -0.05) is 35.9 Å². The van der Waals surface area contributed by atoms with E-state index in [0.29, 0.717) is 0 Å². The number of halogens is 5. The summed E-state index contributed by atoms with van der Waals surface area (Å²) in [6.45, 7) is -0.167. The Morgan fingerprint density at radius 3 is 2.47 bits per heavy atom. The summed E-state index contributed by atoms with van der Waals surface area (Å²) in [5, 5.41) is 0.157. The molecule has 156 valence electrons. The van der Waals surface area contributed by atoms with Crippen LogP contribution in [0, 0.1) is 5.82 Å². The summed E-state index contributed by atoms with van der Waals surface area (Å²) in [7, 11) is 0.841. The van der Waals surface area contributed by atoms with Crippen LogP contribution in [0.25, 0.3) is 21.7 Å². The quantitative estimate of drug-likeness (QED) is 0.340. The largest absolute Gasteiger partial charge is 0.478 e. The number of ether oxygens (including phenoxy) is 2. The molecule has 2 aromatic carbocycles. The lowest BCUT2D eigenvalue weighted by molar-refractivity contribution is -0.195. The Balaban J connectivity index is 2.22. The number of hydrogen-bond acceptors (Lipinski definition) is 5. The van der Waals surface area contributed by atoms with Crippen LogP contribution in [0.3, 0.4) is 0 Å². The standard InChI is InChI=1S/C20H13ClF4N2O3/c1-29-18(28)19(20(23,24)25,17-26-6-7-30-17)16-11-5-3-2-4-10(11)12-8-14(22)13(21)9-15(12)27-16/h2-5,8-9H,6-7H2,1H3. The third-order valence-corrected chi connectivity index (χ3v) is 5.21. The molecular weight excluding hydrogens is 428 g/mol. The number of esters is 1. The molecule has 0 radical (unpaired) electrons. The van der Waals surface area contributed by atoms with Gasteiger partial charge in [-0.25, -0.2) is 9.37 Å². The predicted molar refractivity (Wildman–Crippen MR) is 102 cm³/mol. The Bertz CT molecular complexity index is 1210. The second-order valence-corrected chi connectivity index (χ2v) is 6.97. The van der Waals surface area contributed by atoms with Gasteiger partial charge in [0, 0.05) is 10.8 Å². The smallest absolute Gasteiger partial charge is 0.419 e. The Kier molecular flexibility index (Phi) is 4.80. The van der Waals surface area contributed by atoms with E-state index in [4.69, 9.17) is 16.3 Å². The summed E-state index contributed by atoms with van der Waals surface area (Å²) < 4.78 is 67.7. The molecule has 1 atom stereocenters. The number of rotatable bonds is 3. The second-order valence-electron chi connectivity index (χ2n) is 6.56. The van der Waals surface area contributed by atoms with Crippen molar-refractivity contribution in [3.8, 4) is 0 Å². The van der Waals surface area contributed by atoms with Crippen molar-refractivity contribution in [1.82, 2.24) is 4.98 Å². The third kappa shape index (κ3) is 2.79. The van der Waals surface area contributed by atoms with Crippen LogP contribution < -0.4 is 0 Å². The molecule has 0 saturated carbocycles. The number of hydrogen-bond donors (Lipinski definition) is 0. The highest BCUT2D eigenvalue weighted by Gasteiger charge is 2.69. The molecule has 2 heterocycles. The van der Waals surface area contributed by atoms with Crippen molar-refractivity contribution in [1.29, 1.82) is 0 Å². The molecule has 4 rings (SSSR count). The van der Waals surface area contributed by atoms with Crippen molar-refractivity contribution in [2.45, 2.75) is 11.6 Å². The van der Waals surface area contributed by atoms with Crippen LogP contribution in [0.1, 0.15) is 5.69 Å². The van der Waals surface area contributed by atoms with Crippen LogP contribution in [0.2, 0.25) is 5.02 Å². The van der Waals surface area contributed by atoms with Crippen molar-refractivity contribution in [3.63, 3.8) is 0 Å². The maximum Gasteiger partial charge on any atom is 0.419 e.